The highest BCUT2D eigenvalue weighted by atomic mass is 79.9. The average Bonchev–Trinajstić information content (AvgIpc) is 3.32. The lowest BCUT2D eigenvalue weighted by molar-refractivity contribution is 0.0281. The van der Waals surface area contributed by atoms with E-state index in [1.165, 1.54) is 27.6 Å². The van der Waals surface area contributed by atoms with Gasteiger partial charge in [-0.1, -0.05) is 60.1 Å². The van der Waals surface area contributed by atoms with Crippen molar-refractivity contribution < 1.29 is 19.3 Å². The van der Waals surface area contributed by atoms with Crippen molar-refractivity contribution in [2.75, 3.05) is 44.9 Å². The summed E-state index contributed by atoms with van der Waals surface area (Å²) in [5, 5.41) is 11.6. The molecule has 0 saturated carbocycles. The van der Waals surface area contributed by atoms with Gasteiger partial charge in [0.2, 0.25) is 0 Å². The van der Waals surface area contributed by atoms with Gasteiger partial charge in [-0.15, -0.1) is 0 Å². The normalized spacial score (nSPS) is 17.9. The molecule has 1 N–H and O–H groups in total. The standard InChI is InChI=1S/C35H42BrN3O4/c1-23(41-4)32-30(17-27(19-37-32)38-10-12-42-13-11-38)34-31(18-35(2,3)22-40)29-16-26(36)14-25-15-28(20-39(34)33(25)29)43-21-24-8-6-5-7-9-24/h5-9,14,16-17,19,23,28,40H,10-13,15,18,20-22H2,1-4H3/t23-,28?/m0/s1. The number of ether oxygens (including phenoxy) is 3. The van der Waals surface area contributed by atoms with E-state index in [0.717, 1.165) is 59.6 Å². The molecule has 2 aliphatic heterocycles. The van der Waals surface area contributed by atoms with Gasteiger partial charge in [-0.05, 0) is 53.6 Å². The van der Waals surface area contributed by atoms with Gasteiger partial charge in [-0.3, -0.25) is 4.98 Å². The van der Waals surface area contributed by atoms with Crippen LogP contribution in [0.2, 0.25) is 0 Å². The molecule has 1 unspecified atom stereocenters. The van der Waals surface area contributed by atoms with E-state index in [9.17, 15) is 5.11 Å². The van der Waals surface area contributed by atoms with Crippen LogP contribution < -0.4 is 4.90 Å². The van der Waals surface area contributed by atoms with E-state index in [2.05, 4.69) is 88.6 Å². The Kier molecular flexibility index (Phi) is 8.94. The average molecular weight is 649 g/mol. The fraction of sp³-hybridized carbons (Fsp3) is 0.457. The highest BCUT2D eigenvalue weighted by molar-refractivity contribution is 9.10. The summed E-state index contributed by atoms with van der Waals surface area (Å²) in [6.07, 6.45) is 3.34. The maximum Gasteiger partial charge on any atom is 0.0969 e. The zero-order chi connectivity index (χ0) is 30.1. The SMILES string of the molecule is CO[C@@H](C)c1ncc(N2CCOCC2)cc1-c1c(CC(C)(C)CO)c2cc(Br)cc3c2n1CC(OCc1ccccc1)C3. The highest BCUT2D eigenvalue weighted by Gasteiger charge is 2.33. The summed E-state index contributed by atoms with van der Waals surface area (Å²) in [6, 6.07) is 17.1. The van der Waals surface area contributed by atoms with Gasteiger partial charge < -0.3 is 28.8 Å². The van der Waals surface area contributed by atoms with Gasteiger partial charge in [-0.25, -0.2) is 0 Å². The van der Waals surface area contributed by atoms with Gasteiger partial charge in [0.1, 0.15) is 0 Å². The Morgan fingerprint density at radius 1 is 1.14 bits per heavy atom. The topological polar surface area (TPSA) is 69.0 Å². The van der Waals surface area contributed by atoms with Crippen LogP contribution in [0, 0.1) is 5.41 Å². The Labute approximate surface area is 262 Å². The molecule has 43 heavy (non-hydrogen) atoms. The molecule has 0 bridgehead atoms. The molecule has 6 rings (SSSR count). The summed E-state index contributed by atoms with van der Waals surface area (Å²) in [5.74, 6) is 0. The zero-order valence-corrected chi connectivity index (χ0v) is 27.2. The molecule has 2 aromatic heterocycles. The Hall–Kier alpha value is -2.75. The number of halogens is 1. The molecule has 7 nitrogen and oxygen atoms in total. The molecule has 1 fully saturated rings. The van der Waals surface area contributed by atoms with Crippen molar-refractivity contribution in [2.45, 2.75) is 59.0 Å². The third-order valence-corrected chi connectivity index (χ3v) is 9.28. The van der Waals surface area contributed by atoms with Crippen LogP contribution in [0.5, 0.6) is 0 Å². The first kappa shape index (κ1) is 30.3. The van der Waals surface area contributed by atoms with Crippen molar-refractivity contribution in [3.8, 4) is 11.3 Å². The number of anilines is 1. The van der Waals surface area contributed by atoms with Crippen molar-refractivity contribution in [3.63, 3.8) is 0 Å². The number of aliphatic hydroxyl groups is 1. The molecule has 0 aliphatic carbocycles. The van der Waals surface area contributed by atoms with Gasteiger partial charge in [0.05, 0.1) is 60.8 Å². The largest absolute Gasteiger partial charge is 0.396 e. The Bertz CT molecular complexity index is 1580. The summed E-state index contributed by atoms with van der Waals surface area (Å²) in [4.78, 5) is 7.40. The molecule has 4 heterocycles. The first-order chi connectivity index (χ1) is 20.8. The molecule has 2 aromatic carbocycles. The number of hydrogen-bond donors (Lipinski definition) is 1. The van der Waals surface area contributed by atoms with Crippen LogP contribution >= 0.6 is 15.9 Å². The second-order valence-electron chi connectivity index (χ2n) is 12.6. The monoisotopic (exact) mass is 647 g/mol. The lowest BCUT2D eigenvalue weighted by Gasteiger charge is -2.31. The summed E-state index contributed by atoms with van der Waals surface area (Å²) >= 11 is 3.83. The molecular weight excluding hydrogens is 606 g/mol. The first-order valence-electron chi connectivity index (χ1n) is 15.2. The van der Waals surface area contributed by atoms with Crippen molar-refractivity contribution >= 4 is 32.5 Å². The maximum atomic E-state index is 10.4. The van der Waals surface area contributed by atoms with Crippen molar-refractivity contribution in [1.29, 1.82) is 0 Å². The van der Waals surface area contributed by atoms with Crippen molar-refractivity contribution in [3.05, 3.63) is 81.6 Å². The van der Waals surface area contributed by atoms with Crippen LogP contribution in [-0.2, 0) is 40.2 Å². The lowest BCUT2D eigenvalue weighted by Crippen LogP contribution is -2.36. The molecule has 2 atom stereocenters. The molecule has 0 amide bonds. The Morgan fingerprint density at radius 2 is 1.91 bits per heavy atom. The summed E-state index contributed by atoms with van der Waals surface area (Å²) < 4.78 is 21.6. The lowest BCUT2D eigenvalue weighted by atomic mass is 9.84. The van der Waals surface area contributed by atoms with Crippen LogP contribution in [0.15, 0.2) is 59.2 Å². The number of aliphatic hydroxyl groups excluding tert-OH is 1. The van der Waals surface area contributed by atoms with Gasteiger partial charge >= 0.3 is 0 Å². The van der Waals surface area contributed by atoms with Gasteiger partial charge in [0.15, 0.2) is 0 Å². The van der Waals surface area contributed by atoms with Crippen molar-refractivity contribution in [2.24, 2.45) is 5.41 Å². The molecule has 4 aromatic rings. The number of aromatic nitrogens is 2. The van der Waals surface area contributed by atoms with E-state index < -0.39 is 0 Å². The van der Waals surface area contributed by atoms with E-state index in [4.69, 9.17) is 19.2 Å². The number of benzene rings is 2. The molecule has 2 aliphatic rings. The predicted octanol–water partition coefficient (Wildman–Crippen LogP) is 6.71. The van der Waals surface area contributed by atoms with Crippen molar-refractivity contribution in [1.82, 2.24) is 9.55 Å². The van der Waals surface area contributed by atoms with Crippen LogP contribution in [-0.4, -0.2) is 60.8 Å². The Morgan fingerprint density at radius 3 is 2.63 bits per heavy atom. The predicted molar refractivity (Wildman–Crippen MR) is 175 cm³/mol. The summed E-state index contributed by atoms with van der Waals surface area (Å²) in [7, 11) is 1.74. The van der Waals surface area contributed by atoms with E-state index in [1.54, 1.807) is 7.11 Å². The van der Waals surface area contributed by atoms with E-state index >= 15 is 0 Å². The van der Waals surface area contributed by atoms with Crippen LogP contribution in [0.3, 0.4) is 0 Å². The molecule has 8 heteroatoms. The number of nitrogens with zero attached hydrogens (tertiary/aromatic N) is 3. The van der Waals surface area contributed by atoms with Crippen LogP contribution in [0.25, 0.3) is 22.2 Å². The smallest absolute Gasteiger partial charge is 0.0969 e. The number of rotatable bonds is 10. The quantitative estimate of drug-likeness (QED) is 0.206. The van der Waals surface area contributed by atoms with Gasteiger partial charge in [0, 0.05) is 55.2 Å². The number of morpholine rings is 1. The fourth-order valence-electron chi connectivity index (χ4n) is 6.46. The van der Waals surface area contributed by atoms with Crippen LogP contribution in [0.1, 0.15) is 49.3 Å². The molecule has 0 radical (unpaired) electrons. The first-order valence-corrected chi connectivity index (χ1v) is 16.0. The minimum absolute atomic E-state index is 0.00809. The van der Waals surface area contributed by atoms with E-state index in [0.29, 0.717) is 19.8 Å². The van der Waals surface area contributed by atoms with Gasteiger partial charge in [-0.2, -0.15) is 0 Å². The number of pyridine rings is 1. The zero-order valence-electron chi connectivity index (χ0n) is 25.6. The van der Waals surface area contributed by atoms with Crippen LogP contribution in [0.4, 0.5) is 5.69 Å². The molecule has 228 valence electrons. The summed E-state index contributed by atoms with van der Waals surface area (Å²) in [6.45, 7) is 10.8. The molecule has 1 saturated heterocycles. The molecular formula is C35H42BrN3O4. The van der Waals surface area contributed by atoms with Gasteiger partial charge in [0.25, 0.3) is 0 Å². The third-order valence-electron chi connectivity index (χ3n) is 8.82. The highest BCUT2D eigenvalue weighted by Crippen LogP contribution is 2.45. The maximum absolute atomic E-state index is 10.4. The number of methoxy groups -OCH3 is 1. The number of hydrogen-bond acceptors (Lipinski definition) is 6. The Balaban J connectivity index is 1.55. The van der Waals surface area contributed by atoms with E-state index in [-0.39, 0.29) is 24.2 Å². The third kappa shape index (κ3) is 6.26. The minimum atomic E-state index is -0.310. The fourth-order valence-corrected chi connectivity index (χ4v) is 6.97. The minimum Gasteiger partial charge on any atom is -0.396 e. The second kappa shape index (κ2) is 12.7. The molecule has 0 spiro atoms. The second-order valence-corrected chi connectivity index (χ2v) is 13.5. The van der Waals surface area contributed by atoms with E-state index in [1.807, 2.05) is 12.3 Å². The summed E-state index contributed by atoms with van der Waals surface area (Å²) in [5.41, 5.74) is 8.82.